The van der Waals surface area contributed by atoms with Gasteiger partial charge in [-0.2, -0.15) is 0 Å². The number of aliphatic hydroxyl groups is 1. The molecule has 0 amide bonds. The Morgan fingerprint density at radius 1 is 1.41 bits per heavy atom. The lowest BCUT2D eigenvalue weighted by Crippen LogP contribution is -2.08. The Balaban J connectivity index is 1.97. The molecule has 1 aliphatic rings. The molecular formula is C15H17NO. The maximum absolute atomic E-state index is 10.5. The topological polar surface area (TPSA) is 33.1 Å². The second-order valence-corrected chi connectivity index (χ2v) is 5.02. The second kappa shape index (κ2) is 3.81. The molecule has 17 heavy (non-hydrogen) atoms. The van der Waals surface area contributed by atoms with E-state index in [2.05, 4.69) is 18.0 Å². The van der Waals surface area contributed by atoms with Gasteiger partial charge in [-0.25, -0.2) is 0 Å². The number of pyridine rings is 1. The van der Waals surface area contributed by atoms with Crippen molar-refractivity contribution in [3.63, 3.8) is 0 Å². The van der Waals surface area contributed by atoms with Gasteiger partial charge in [0, 0.05) is 11.6 Å². The molecule has 2 aromatic rings. The van der Waals surface area contributed by atoms with Crippen LogP contribution in [0, 0.1) is 5.92 Å². The molecule has 1 aromatic carbocycles. The number of hydrogen-bond acceptors (Lipinski definition) is 2. The predicted molar refractivity (Wildman–Crippen MR) is 68.7 cm³/mol. The van der Waals surface area contributed by atoms with E-state index in [1.807, 2.05) is 24.3 Å². The van der Waals surface area contributed by atoms with Crippen LogP contribution in [0.15, 0.2) is 36.5 Å². The molecule has 1 saturated carbocycles. The van der Waals surface area contributed by atoms with Crippen LogP contribution in [0.4, 0.5) is 0 Å². The molecule has 88 valence electrons. The number of rotatable bonds is 3. The summed E-state index contributed by atoms with van der Waals surface area (Å²) in [6.45, 7) is 2.17. The van der Waals surface area contributed by atoms with E-state index >= 15 is 0 Å². The number of aromatic nitrogens is 1. The summed E-state index contributed by atoms with van der Waals surface area (Å²) in [6.07, 6.45) is 4.96. The summed E-state index contributed by atoms with van der Waals surface area (Å²) in [5.74, 6) is 0.446. The zero-order chi connectivity index (χ0) is 11.9. The van der Waals surface area contributed by atoms with Crippen LogP contribution in [0.5, 0.6) is 0 Å². The zero-order valence-corrected chi connectivity index (χ0v) is 10.1. The van der Waals surface area contributed by atoms with Crippen LogP contribution in [0.1, 0.15) is 31.7 Å². The molecule has 1 N–H and O–H groups in total. The third-order valence-corrected chi connectivity index (χ3v) is 3.81. The average Bonchev–Trinajstić information content (AvgIpc) is 3.01. The van der Waals surface area contributed by atoms with Gasteiger partial charge in [-0.1, -0.05) is 25.5 Å². The van der Waals surface area contributed by atoms with Crippen LogP contribution in [-0.2, 0) is 5.60 Å². The first kappa shape index (κ1) is 10.7. The Morgan fingerprint density at radius 3 is 3.12 bits per heavy atom. The molecule has 1 fully saturated rings. The van der Waals surface area contributed by atoms with Gasteiger partial charge in [-0.15, -0.1) is 0 Å². The summed E-state index contributed by atoms with van der Waals surface area (Å²) in [5, 5.41) is 11.6. The maximum atomic E-state index is 10.5. The van der Waals surface area contributed by atoms with Gasteiger partial charge >= 0.3 is 0 Å². The first-order chi connectivity index (χ1) is 8.24. The summed E-state index contributed by atoms with van der Waals surface area (Å²) >= 11 is 0. The third kappa shape index (κ3) is 1.73. The van der Waals surface area contributed by atoms with Gasteiger partial charge in [-0.05, 0) is 42.5 Å². The van der Waals surface area contributed by atoms with Gasteiger partial charge in [0.2, 0.25) is 0 Å². The van der Waals surface area contributed by atoms with Crippen LogP contribution >= 0.6 is 0 Å². The predicted octanol–water partition coefficient (Wildman–Crippen LogP) is 3.24. The average molecular weight is 227 g/mol. The fraction of sp³-hybridized carbons (Fsp3) is 0.400. The summed E-state index contributed by atoms with van der Waals surface area (Å²) < 4.78 is 0. The highest BCUT2D eigenvalue weighted by atomic mass is 16.3. The molecule has 1 aliphatic carbocycles. The van der Waals surface area contributed by atoms with E-state index in [4.69, 9.17) is 0 Å². The van der Waals surface area contributed by atoms with Crippen molar-refractivity contribution in [1.82, 2.24) is 4.98 Å². The minimum atomic E-state index is -0.569. The summed E-state index contributed by atoms with van der Waals surface area (Å²) in [4.78, 5) is 4.30. The van der Waals surface area contributed by atoms with E-state index in [-0.39, 0.29) is 0 Å². The zero-order valence-electron chi connectivity index (χ0n) is 10.1. The lowest BCUT2D eigenvalue weighted by molar-refractivity contribution is 0.129. The van der Waals surface area contributed by atoms with Crippen LogP contribution in [-0.4, -0.2) is 10.1 Å². The fourth-order valence-electron chi connectivity index (χ4n) is 2.70. The lowest BCUT2D eigenvalue weighted by Gasteiger charge is -2.11. The molecule has 0 bridgehead atoms. The molecule has 0 spiro atoms. The molecule has 2 unspecified atom stereocenters. The lowest BCUT2D eigenvalue weighted by atomic mass is 10.0. The monoisotopic (exact) mass is 227 g/mol. The summed E-state index contributed by atoms with van der Waals surface area (Å²) in [7, 11) is 0. The molecule has 0 radical (unpaired) electrons. The van der Waals surface area contributed by atoms with Crippen LogP contribution < -0.4 is 0 Å². The van der Waals surface area contributed by atoms with E-state index in [9.17, 15) is 5.11 Å². The van der Waals surface area contributed by atoms with E-state index in [0.717, 1.165) is 35.7 Å². The van der Waals surface area contributed by atoms with Gasteiger partial charge in [0.15, 0.2) is 0 Å². The van der Waals surface area contributed by atoms with Gasteiger partial charge in [0.05, 0.1) is 11.1 Å². The van der Waals surface area contributed by atoms with Crippen molar-refractivity contribution in [2.75, 3.05) is 0 Å². The molecule has 2 nitrogen and oxygen atoms in total. The Hall–Kier alpha value is -1.41. The van der Waals surface area contributed by atoms with Crippen molar-refractivity contribution in [2.45, 2.75) is 31.8 Å². The summed E-state index contributed by atoms with van der Waals surface area (Å²) in [6, 6.07) is 10.1. The Morgan fingerprint density at radius 2 is 2.29 bits per heavy atom. The molecule has 0 aliphatic heterocycles. The minimum Gasteiger partial charge on any atom is -0.385 e. The second-order valence-electron chi connectivity index (χ2n) is 5.02. The highest BCUT2D eigenvalue weighted by molar-refractivity contribution is 5.79. The van der Waals surface area contributed by atoms with Crippen molar-refractivity contribution in [1.29, 1.82) is 0 Å². The Labute approximate surface area is 101 Å². The van der Waals surface area contributed by atoms with Crippen molar-refractivity contribution in [2.24, 2.45) is 5.92 Å². The first-order valence-corrected chi connectivity index (χ1v) is 6.31. The van der Waals surface area contributed by atoms with Gasteiger partial charge in [0.25, 0.3) is 0 Å². The molecule has 2 heteroatoms. The van der Waals surface area contributed by atoms with Crippen molar-refractivity contribution in [3.05, 3.63) is 42.1 Å². The largest absolute Gasteiger partial charge is 0.385 e. The number of fused-ring (bicyclic) bond motifs is 1. The van der Waals surface area contributed by atoms with Gasteiger partial charge < -0.3 is 5.11 Å². The van der Waals surface area contributed by atoms with Crippen molar-refractivity contribution in [3.8, 4) is 0 Å². The van der Waals surface area contributed by atoms with Crippen molar-refractivity contribution >= 4 is 10.9 Å². The van der Waals surface area contributed by atoms with Crippen LogP contribution in [0.2, 0.25) is 0 Å². The number of nitrogens with zero attached hydrogens (tertiary/aromatic N) is 1. The van der Waals surface area contributed by atoms with Crippen LogP contribution in [0.25, 0.3) is 10.9 Å². The molecule has 2 atom stereocenters. The third-order valence-electron chi connectivity index (χ3n) is 3.81. The van der Waals surface area contributed by atoms with E-state index in [1.165, 1.54) is 0 Å². The SMILES string of the molecule is CCCC1CC1(O)c1ccc2ncccc2c1. The summed E-state index contributed by atoms with van der Waals surface area (Å²) in [5.41, 5.74) is 1.48. The fourth-order valence-corrected chi connectivity index (χ4v) is 2.70. The van der Waals surface area contributed by atoms with Crippen LogP contribution in [0.3, 0.4) is 0 Å². The highest BCUT2D eigenvalue weighted by Crippen LogP contribution is 2.54. The molecular weight excluding hydrogens is 210 g/mol. The van der Waals surface area contributed by atoms with E-state index < -0.39 is 5.60 Å². The molecule has 1 aromatic heterocycles. The standard InChI is InChI=1S/C15H17NO/c1-2-4-13-10-15(13,17)12-6-7-14-11(9-12)5-3-8-16-14/h3,5-9,13,17H,2,4,10H2,1H3. The maximum Gasteiger partial charge on any atom is 0.0929 e. The quantitative estimate of drug-likeness (QED) is 0.873. The molecule has 0 saturated heterocycles. The number of hydrogen-bond donors (Lipinski definition) is 1. The van der Waals surface area contributed by atoms with E-state index in [1.54, 1.807) is 6.20 Å². The first-order valence-electron chi connectivity index (χ1n) is 6.31. The minimum absolute atomic E-state index is 0.446. The van der Waals surface area contributed by atoms with Crippen molar-refractivity contribution < 1.29 is 5.11 Å². The van der Waals surface area contributed by atoms with Gasteiger partial charge in [0.1, 0.15) is 0 Å². The smallest absolute Gasteiger partial charge is 0.0929 e. The number of benzene rings is 1. The van der Waals surface area contributed by atoms with E-state index in [0.29, 0.717) is 5.92 Å². The molecule has 1 heterocycles. The van der Waals surface area contributed by atoms with Gasteiger partial charge in [-0.3, -0.25) is 4.98 Å². The Kier molecular flexibility index (Phi) is 2.40. The normalized spacial score (nSPS) is 27.3. The highest BCUT2D eigenvalue weighted by Gasteiger charge is 2.53. The molecule has 3 rings (SSSR count). The Bertz CT molecular complexity index is 551.